The van der Waals surface area contributed by atoms with Gasteiger partial charge in [-0.05, 0) is 52.0 Å². The van der Waals surface area contributed by atoms with E-state index < -0.39 is 5.97 Å². The molecule has 4 atom stereocenters. The predicted molar refractivity (Wildman–Crippen MR) is 74.1 cm³/mol. The van der Waals surface area contributed by atoms with Crippen LogP contribution in [0, 0.1) is 5.92 Å². The third-order valence-corrected chi connectivity index (χ3v) is 5.64. The molecule has 3 saturated heterocycles. The van der Waals surface area contributed by atoms with Crippen LogP contribution in [0.15, 0.2) is 0 Å². The van der Waals surface area contributed by atoms with E-state index in [0.29, 0.717) is 36.5 Å². The number of rotatable bonds is 3. The van der Waals surface area contributed by atoms with Crippen molar-refractivity contribution in [3.8, 4) is 0 Å². The summed E-state index contributed by atoms with van der Waals surface area (Å²) in [7, 11) is 2.23. The van der Waals surface area contributed by atoms with E-state index in [1.807, 2.05) is 0 Å². The molecule has 4 heteroatoms. The topological polar surface area (TPSA) is 43.8 Å². The molecule has 0 aromatic heterocycles. The molecular weight excluding hydrogens is 240 g/mol. The summed E-state index contributed by atoms with van der Waals surface area (Å²) in [6, 6.07) is 2.73. The van der Waals surface area contributed by atoms with Crippen LogP contribution in [0.5, 0.6) is 0 Å². The van der Waals surface area contributed by atoms with E-state index in [9.17, 15) is 4.79 Å². The molecule has 0 aromatic carbocycles. The highest BCUT2D eigenvalue weighted by Crippen LogP contribution is 2.42. The summed E-state index contributed by atoms with van der Waals surface area (Å²) in [4.78, 5) is 16.1. The number of hydrogen-bond donors (Lipinski definition) is 1. The number of likely N-dealkylation sites (N-methyl/N-ethyl adjacent to an activating group) is 1. The second-order valence-electron chi connectivity index (χ2n) is 6.95. The Morgan fingerprint density at radius 1 is 1.16 bits per heavy atom. The van der Waals surface area contributed by atoms with Gasteiger partial charge in [0.15, 0.2) is 0 Å². The minimum absolute atomic E-state index is 0.377. The van der Waals surface area contributed by atoms with Gasteiger partial charge in [0.05, 0.1) is 0 Å². The van der Waals surface area contributed by atoms with Gasteiger partial charge in [-0.2, -0.15) is 0 Å². The summed E-state index contributed by atoms with van der Waals surface area (Å²) < 4.78 is 0. The van der Waals surface area contributed by atoms with Crippen LogP contribution in [0.2, 0.25) is 0 Å². The maximum atomic E-state index is 10.9. The standard InChI is InChI=1S/C15H26N2O2/c1-10-5-14(9-16(10)2)17-12-3-4-13(17)7-11(6-12)8-15(18)19/h10-14H,3-9H2,1-2H3,(H,18,19). The maximum absolute atomic E-state index is 10.9. The fraction of sp³-hybridized carbons (Fsp3) is 0.933. The molecule has 3 aliphatic rings. The minimum atomic E-state index is -0.618. The first-order valence-corrected chi connectivity index (χ1v) is 7.74. The first-order chi connectivity index (χ1) is 9.04. The highest BCUT2D eigenvalue weighted by atomic mass is 16.4. The highest BCUT2D eigenvalue weighted by molar-refractivity contribution is 5.67. The summed E-state index contributed by atoms with van der Waals surface area (Å²) in [5, 5.41) is 8.99. The number of aliphatic carboxylic acids is 1. The van der Waals surface area contributed by atoms with Crippen molar-refractivity contribution in [2.75, 3.05) is 13.6 Å². The lowest BCUT2D eigenvalue weighted by molar-refractivity contribution is -0.138. The van der Waals surface area contributed by atoms with Gasteiger partial charge in [-0.25, -0.2) is 0 Å². The van der Waals surface area contributed by atoms with Crippen LogP contribution >= 0.6 is 0 Å². The van der Waals surface area contributed by atoms with Crippen LogP contribution in [-0.2, 0) is 4.79 Å². The Hall–Kier alpha value is -0.610. The molecule has 19 heavy (non-hydrogen) atoms. The van der Waals surface area contributed by atoms with Gasteiger partial charge in [0.1, 0.15) is 0 Å². The Labute approximate surface area is 115 Å². The van der Waals surface area contributed by atoms with Crippen LogP contribution in [-0.4, -0.2) is 58.6 Å². The van der Waals surface area contributed by atoms with Crippen LogP contribution in [0.4, 0.5) is 0 Å². The molecule has 0 radical (unpaired) electrons. The molecule has 0 spiro atoms. The van der Waals surface area contributed by atoms with Crippen molar-refractivity contribution >= 4 is 5.97 Å². The summed E-state index contributed by atoms with van der Waals surface area (Å²) in [6.07, 6.45) is 6.45. The van der Waals surface area contributed by atoms with E-state index in [1.54, 1.807) is 0 Å². The molecule has 1 N–H and O–H groups in total. The molecular formula is C15H26N2O2. The molecule has 0 aliphatic carbocycles. The molecule has 108 valence electrons. The number of fused-ring (bicyclic) bond motifs is 2. The van der Waals surface area contributed by atoms with Crippen LogP contribution in [0.1, 0.15) is 45.4 Å². The molecule has 0 amide bonds. The van der Waals surface area contributed by atoms with Crippen molar-refractivity contribution in [2.45, 2.75) is 69.6 Å². The lowest BCUT2D eigenvalue weighted by Crippen LogP contribution is -2.49. The number of carboxylic acids is 1. The fourth-order valence-electron chi connectivity index (χ4n) is 4.71. The number of hydrogen-bond acceptors (Lipinski definition) is 3. The highest BCUT2D eigenvalue weighted by Gasteiger charge is 2.46. The van der Waals surface area contributed by atoms with Gasteiger partial charge in [-0.3, -0.25) is 9.69 Å². The van der Waals surface area contributed by atoms with E-state index in [-0.39, 0.29) is 0 Å². The molecule has 4 unspecified atom stereocenters. The second-order valence-corrected chi connectivity index (χ2v) is 6.95. The average Bonchev–Trinajstić information content (AvgIpc) is 2.77. The Morgan fingerprint density at radius 3 is 2.26 bits per heavy atom. The molecule has 4 nitrogen and oxygen atoms in total. The van der Waals surface area contributed by atoms with E-state index >= 15 is 0 Å². The third-order valence-electron chi connectivity index (χ3n) is 5.64. The first-order valence-electron chi connectivity index (χ1n) is 7.74. The van der Waals surface area contributed by atoms with Crippen molar-refractivity contribution in [1.82, 2.24) is 9.80 Å². The second kappa shape index (κ2) is 5.06. The molecule has 0 saturated carbocycles. The Morgan fingerprint density at radius 2 is 1.79 bits per heavy atom. The largest absolute Gasteiger partial charge is 0.481 e. The Bertz CT molecular complexity index is 336. The average molecular weight is 266 g/mol. The molecule has 0 aromatic rings. The van der Waals surface area contributed by atoms with E-state index in [1.165, 1.54) is 25.8 Å². The van der Waals surface area contributed by atoms with Crippen molar-refractivity contribution in [3.05, 3.63) is 0 Å². The number of piperidine rings is 1. The lowest BCUT2D eigenvalue weighted by atomic mass is 9.87. The van der Waals surface area contributed by atoms with Gasteiger partial charge in [0.25, 0.3) is 0 Å². The Kier molecular flexibility index (Phi) is 3.56. The van der Waals surface area contributed by atoms with Crippen LogP contribution < -0.4 is 0 Å². The van der Waals surface area contributed by atoms with Crippen molar-refractivity contribution in [2.24, 2.45) is 5.92 Å². The summed E-state index contributed by atoms with van der Waals surface area (Å²) in [6.45, 7) is 3.51. The van der Waals surface area contributed by atoms with E-state index in [2.05, 4.69) is 23.8 Å². The first kappa shape index (κ1) is 13.4. The normalized spacial score (nSPS) is 43.8. The maximum Gasteiger partial charge on any atom is 0.303 e. The van der Waals surface area contributed by atoms with E-state index in [0.717, 1.165) is 12.8 Å². The summed E-state index contributed by atoms with van der Waals surface area (Å²) in [5.41, 5.74) is 0. The monoisotopic (exact) mass is 266 g/mol. The zero-order chi connectivity index (χ0) is 13.6. The van der Waals surface area contributed by atoms with Gasteiger partial charge in [0, 0.05) is 37.1 Å². The van der Waals surface area contributed by atoms with Gasteiger partial charge in [-0.1, -0.05) is 0 Å². The number of carbonyl (C=O) groups is 1. The Balaban J connectivity index is 1.65. The number of likely N-dealkylation sites (tertiary alicyclic amines) is 1. The van der Waals surface area contributed by atoms with Crippen molar-refractivity contribution in [1.29, 1.82) is 0 Å². The van der Waals surface area contributed by atoms with Gasteiger partial charge >= 0.3 is 5.97 Å². The van der Waals surface area contributed by atoms with Crippen LogP contribution in [0.25, 0.3) is 0 Å². The fourth-order valence-corrected chi connectivity index (χ4v) is 4.71. The van der Waals surface area contributed by atoms with Gasteiger partial charge in [0.2, 0.25) is 0 Å². The summed E-state index contributed by atoms with van der Waals surface area (Å²) in [5.74, 6) is -0.199. The number of nitrogens with zero attached hydrogens (tertiary/aromatic N) is 2. The summed E-state index contributed by atoms with van der Waals surface area (Å²) >= 11 is 0. The van der Waals surface area contributed by atoms with Gasteiger partial charge in [-0.15, -0.1) is 0 Å². The SMILES string of the molecule is CC1CC(N2C3CCC2CC(CC(=O)O)C3)CN1C. The minimum Gasteiger partial charge on any atom is -0.481 e. The smallest absolute Gasteiger partial charge is 0.303 e. The quantitative estimate of drug-likeness (QED) is 0.846. The van der Waals surface area contributed by atoms with E-state index in [4.69, 9.17) is 5.11 Å². The van der Waals surface area contributed by atoms with Gasteiger partial charge < -0.3 is 10.0 Å². The van der Waals surface area contributed by atoms with Crippen LogP contribution in [0.3, 0.4) is 0 Å². The molecule has 3 fully saturated rings. The van der Waals surface area contributed by atoms with Crippen molar-refractivity contribution < 1.29 is 9.90 Å². The molecule has 3 aliphatic heterocycles. The third kappa shape index (κ3) is 2.52. The predicted octanol–water partition coefficient (Wildman–Crippen LogP) is 1.80. The molecule has 2 bridgehead atoms. The molecule has 3 heterocycles. The number of carboxylic acid groups (broad SMARTS) is 1. The zero-order valence-electron chi connectivity index (χ0n) is 12.1. The molecule has 3 rings (SSSR count). The zero-order valence-corrected chi connectivity index (χ0v) is 12.1. The lowest BCUT2D eigenvalue weighted by Gasteiger charge is -2.42. The van der Waals surface area contributed by atoms with Crippen molar-refractivity contribution in [3.63, 3.8) is 0 Å².